The molecule has 0 aromatic carbocycles. The molecule has 0 heterocycles. The minimum absolute atomic E-state index is 0.0695. The quantitative estimate of drug-likeness (QED) is 0.424. The Balaban J connectivity index is 1.40. The molecule has 2 N–H and O–H groups in total. The molecule has 0 aromatic rings. The van der Waals surface area contributed by atoms with Crippen molar-refractivity contribution in [1.29, 1.82) is 5.41 Å². The highest BCUT2D eigenvalue weighted by Crippen LogP contribution is 2.63. The average Bonchev–Trinajstić information content (AvgIpc) is 3.14. The van der Waals surface area contributed by atoms with E-state index in [-0.39, 0.29) is 36.0 Å². The van der Waals surface area contributed by atoms with Crippen molar-refractivity contribution in [3.63, 3.8) is 0 Å². The molecular weight excluding hydrogens is 418 g/mol. The molecule has 0 spiro atoms. The molecule has 4 rings (SSSR count). The number of carbonyl (C=O) groups excluding carboxylic acids is 1. The molecule has 0 amide bonds. The summed E-state index contributed by atoms with van der Waals surface area (Å²) in [5.41, 5.74) is 0.776. The van der Waals surface area contributed by atoms with Crippen LogP contribution in [-0.2, 0) is 4.79 Å². The molecule has 3 fully saturated rings. The van der Waals surface area contributed by atoms with Crippen LogP contribution in [0.15, 0.2) is 35.8 Å². The molecule has 7 atom stereocenters. The van der Waals surface area contributed by atoms with Gasteiger partial charge in [0.1, 0.15) is 5.83 Å². The van der Waals surface area contributed by atoms with Crippen molar-refractivity contribution in [2.24, 2.45) is 40.9 Å². The number of ketones is 1. The van der Waals surface area contributed by atoms with Gasteiger partial charge in [-0.25, -0.2) is 4.39 Å². The Morgan fingerprint density at radius 2 is 2.00 bits per heavy atom. The summed E-state index contributed by atoms with van der Waals surface area (Å²) in [5.74, 6) is 3.15. The molecule has 5 heteroatoms. The van der Waals surface area contributed by atoms with Gasteiger partial charge < -0.3 is 10.7 Å². The molecule has 33 heavy (non-hydrogen) atoms. The number of Topliss-reactive ketones (excluding diaryl/α,β-unsaturated/α-hetero) is 1. The summed E-state index contributed by atoms with van der Waals surface area (Å²) in [6, 6.07) is 0. The highest BCUT2D eigenvalue weighted by atomic mass is 19.1. The molecule has 0 bridgehead atoms. The molecule has 7 unspecified atom stereocenters. The zero-order valence-electron chi connectivity index (χ0n) is 20.2. The first-order chi connectivity index (χ1) is 15.9. The number of hydrogen-bond acceptors (Lipinski definition) is 3. The summed E-state index contributed by atoms with van der Waals surface area (Å²) >= 11 is 0. The molecule has 0 aliphatic heterocycles. The van der Waals surface area contributed by atoms with Crippen LogP contribution in [-0.4, -0.2) is 24.7 Å². The molecule has 3 nitrogen and oxygen atoms in total. The fraction of sp³-hybridized carbons (Fsp3) is 0.714. The van der Waals surface area contributed by atoms with Crippen molar-refractivity contribution in [3.05, 3.63) is 35.8 Å². The molecule has 0 aromatic heterocycles. The van der Waals surface area contributed by atoms with Crippen LogP contribution in [0, 0.1) is 46.3 Å². The number of hydrogen-bond donors (Lipinski definition) is 2. The third kappa shape index (κ3) is 4.74. The second-order valence-corrected chi connectivity index (χ2v) is 11.1. The van der Waals surface area contributed by atoms with Crippen LogP contribution < -0.4 is 5.32 Å². The maximum absolute atomic E-state index is 13.3. The van der Waals surface area contributed by atoms with Crippen molar-refractivity contribution in [2.75, 3.05) is 13.2 Å². The van der Waals surface area contributed by atoms with Crippen molar-refractivity contribution >= 4 is 11.5 Å². The van der Waals surface area contributed by atoms with E-state index < -0.39 is 5.83 Å². The lowest BCUT2D eigenvalue weighted by atomic mass is 9.50. The Hall–Kier alpha value is -1.78. The van der Waals surface area contributed by atoms with Crippen molar-refractivity contribution in [1.82, 2.24) is 5.32 Å². The summed E-state index contributed by atoms with van der Waals surface area (Å²) in [6.45, 7) is 4.68. The number of rotatable bonds is 8. The second-order valence-electron chi connectivity index (χ2n) is 11.1. The lowest BCUT2D eigenvalue weighted by Crippen LogP contribution is -2.49. The van der Waals surface area contributed by atoms with Gasteiger partial charge in [-0.15, -0.1) is 0 Å². The number of halogens is 2. The normalized spacial score (nSPS) is 39.2. The summed E-state index contributed by atoms with van der Waals surface area (Å²) in [4.78, 5) is 13.3. The second kappa shape index (κ2) is 10.2. The van der Waals surface area contributed by atoms with Crippen molar-refractivity contribution < 1.29 is 13.6 Å². The van der Waals surface area contributed by atoms with Gasteiger partial charge in [-0.1, -0.05) is 26.7 Å². The Kier molecular flexibility index (Phi) is 7.55. The van der Waals surface area contributed by atoms with Gasteiger partial charge in [-0.05, 0) is 98.2 Å². The molecule has 182 valence electrons. The lowest BCUT2D eigenvalue weighted by molar-refractivity contribution is -0.129. The Bertz CT molecular complexity index is 847. The summed E-state index contributed by atoms with van der Waals surface area (Å²) in [5, 5.41) is 11.0. The van der Waals surface area contributed by atoms with Crippen LogP contribution in [0.2, 0.25) is 0 Å². The van der Waals surface area contributed by atoms with Crippen LogP contribution >= 0.6 is 0 Å². The van der Waals surface area contributed by atoms with Gasteiger partial charge in [0, 0.05) is 17.7 Å². The average molecular weight is 459 g/mol. The molecule has 0 radical (unpaired) electrons. The van der Waals surface area contributed by atoms with E-state index >= 15 is 0 Å². The predicted molar refractivity (Wildman–Crippen MR) is 129 cm³/mol. The maximum atomic E-state index is 13.3. The van der Waals surface area contributed by atoms with Crippen LogP contribution in [0.25, 0.3) is 0 Å². The first kappa shape index (κ1) is 24.3. The van der Waals surface area contributed by atoms with Crippen molar-refractivity contribution in [3.8, 4) is 0 Å². The third-order valence-electron chi connectivity index (χ3n) is 9.56. The third-order valence-corrected chi connectivity index (χ3v) is 9.56. The number of fused-ring (bicyclic) bond motifs is 3. The molecular formula is C28H40F2N2O. The van der Waals surface area contributed by atoms with E-state index in [1.807, 2.05) is 0 Å². The zero-order valence-corrected chi connectivity index (χ0v) is 20.2. The monoisotopic (exact) mass is 458 g/mol. The molecule has 4 aliphatic carbocycles. The van der Waals surface area contributed by atoms with E-state index in [2.05, 4.69) is 19.2 Å². The molecule has 4 aliphatic rings. The van der Waals surface area contributed by atoms with Crippen LogP contribution in [0.4, 0.5) is 8.78 Å². The van der Waals surface area contributed by atoms with Gasteiger partial charge in [-0.3, -0.25) is 9.18 Å². The number of allylic oxidation sites excluding steroid dienone is 5. The van der Waals surface area contributed by atoms with Crippen LogP contribution in [0.1, 0.15) is 71.6 Å². The van der Waals surface area contributed by atoms with E-state index in [1.54, 1.807) is 12.3 Å². The van der Waals surface area contributed by atoms with Crippen LogP contribution in [0.5, 0.6) is 0 Å². The number of alkyl halides is 1. The summed E-state index contributed by atoms with van der Waals surface area (Å²) in [6.07, 6.45) is 15.6. The highest BCUT2D eigenvalue weighted by molar-refractivity contribution is 6.09. The fourth-order valence-electron chi connectivity index (χ4n) is 8.08. The minimum atomic E-state index is -0.423. The first-order valence-electron chi connectivity index (χ1n) is 13.1. The summed E-state index contributed by atoms with van der Waals surface area (Å²) < 4.78 is 26.4. The largest absolute Gasteiger partial charge is 0.383 e. The smallest absolute Gasteiger partial charge is 0.155 e. The van der Waals surface area contributed by atoms with E-state index in [0.29, 0.717) is 35.2 Å². The number of carbonyl (C=O) groups is 1. The topological polar surface area (TPSA) is 53.0 Å². The lowest BCUT2D eigenvalue weighted by Gasteiger charge is -2.54. The molecule has 0 saturated heterocycles. The van der Waals surface area contributed by atoms with E-state index in [1.165, 1.54) is 37.8 Å². The first-order valence-corrected chi connectivity index (χ1v) is 13.1. The Labute approximate surface area is 197 Å². The zero-order chi connectivity index (χ0) is 23.6. The Morgan fingerprint density at radius 1 is 1.18 bits per heavy atom. The summed E-state index contributed by atoms with van der Waals surface area (Å²) in [7, 11) is 0. The van der Waals surface area contributed by atoms with Gasteiger partial charge in [0.25, 0.3) is 0 Å². The SMILES string of the molecule is CCCC1C(CCF)CCC2C1CCC1(C)C(C(=O)CN/C=C3/C=CC(F)=CC3=N)CCC21. The standard InChI is InChI=1S/C28H40F2N2O/c1-3-4-21-18(12-14-29)6-8-23-22(21)11-13-28(2)24(23)9-10-25(28)27(33)17-32-16-19-5-7-20(30)15-26(19)31/h5,7,15-16,18,21-25,31-32H,3-4,6,8-14,17H2,1-2H3/b19-16-,31-26?. The highest BCUT2D eigenvalue weighted by Gasteiger charge is 2.57. The van der Waals surface area contributed by atoms with E-state index in [4.69, 9.17) is 5.41 Å². The van der Waals surface area contributed by atoms with Gasteiger partial charge in [-0.2, -0.15) is 0 Å². The minimum Gasteiger partial charge on any atom is -0.383 e. The van der Waals surface area contributed by atoms with Crippen LogP contribution in [0.3, 0.4) is 0 Å². The van der Waals surface area contributed by atoms with E-state index in [0.717, 1.165) is 32.1 Å². The fourth-order valence-corrected chi connectivity index (χ4v) is 8.08. The predicted octanol–water partition coefficient (Wildman–Crippen LogP) is 6.72. The van der Waals surface area contributed by atoms with Gasteiger partial charge in [0.15, 0.2) is 5.78 Å². The molecule has 3 saturated carbocycles. The van der Waals surface area contributed by atoms with Crippen molar-refractivity contribution in [2.45, 2.75) is 71.6 Å². The van der Waals surface area contributed by atoms with Gasteiger partial charge in [0.2, 0.25) is 0 Å². The maximum Gasteiger partial charge on any atom is 0.155 e. The Morgan fingerprint density at radius 3 is 2.73 bits per heavy atom. The van der Waals surface area contributed by atoms with E-state index in [9.17, 15) is 13.6 Å². The van der Waals surface area contributed by atoms with Gasteiger partial charge >= 0.3 is 0 Å². The number of nitrogens with one attached hydrogen (secondary N) is 2. The van der Waals surface area contributed by atoms with Gasteiger partial charge in [0.05, 0.1) is 18.9 Å².